The number of hydrogen-bond acceptors (Lipinski definition) is 5. The molecule has 0 aliphatic heterocycles. The van der Waals surface area contributed by atoms with Gasteiger partial charge in [-0.3, -0.25) is 9.59 Å². The van der Waals surface area contributed by atoms with E-state index in [1.54, 1.807) is 47.5 Å². The summed E-state index contributed by atoms with van der Waals surface area (Å²) in [5, 5.41) is 0.885. The fourth-order valence-electron chi connectivity index (χ4n) is 2.34. The minimum atomic E-state index is -0.146. The molecule has 1 aromatic heterocycles. The average Bonchev–Trinajstić information content (AvgIpc) is 3.02. The van der Waals surface area contributed by atoms with E-state index in [1.807, 2.05) is 24.3 Å². The Bertz CT molecular complexity index is 887. The molecule has 2 aromatic carbocycles. The molecule has 128 valence electrons. The van der Waals surface area contributed by atoms with Crippen LogP contribution in [0.5, 0.6) is 5.75 Å². The Balaban J connectivity index is 1.59. The second kappa shape index (κ2) is 7.44. The van der Waals surface area contributed by atoms with Crippen LogP contribution in [0.4, 0.5) is 0 Å². The molecule has 0 aliphatic rings. The summed E-state index contributed by atoms with van der Waals surface area (Å²) in [6, 6.07) is 14.7. The zero-order valence-electron chi connectivity index (χ0n) is 14.1. The lowest BCUT2D eigenvalue weighted by molar-refractivity contribution is -0.132. The van der Waals surface area contributed by atoms with Gasteiger partial charge in [-0.05, 0) is 31.2 Å². The van der Waals surface area contributed by atoms with Crippen molar-refractivity contribution in [2.24, 2.45) is 0 Å². The molecule has 0 radical (unpaired) electrons. The minimum Gasteiger partial charge on any atom is -0.484 e. The zero-order valence-corrected chi connectivity index (χ0v) is 14.9. The van der Waals surface area contributed by atoms with E-state index in [-0.39, 0.29) is 18.3 Å². The van der Waals surface area contributed by atoms with Crippen molar-refractivity contribution in [2.75, 3.05) is 13.7 Å². The number of rotatable bonds is 6. The number of carbonyl (C=O) groups excluding carboxylic acids is 2. The predicted molar refractivity (Wildman–Crippen MR) is 98.0 cm³/mol. The van der Waals surface area contributed by atoms with Crippen LogP contribution in [-0.4, -0.2) is 35.2 Å². The first-order valence-corrected chi connectivity index (χ1v) is 8.67. The number of Topliss-reactive ketones (excluding diaryl/α,β-unsaturated/α-hetero) is 1. The second-order valence-electron chi connectivity index (χ2n) is 5.70. The molecule has 25 heavy (non-hydrogen) atoms. The summed E-state index contributed by atoms with van der Waals surface area (Å²) in [7, 11) is 1.73. The molecular formula is C19H18N2O3S. The van der Waals surface area contributed by atoms with Crippen molar-refractivity contribution in [2.45, 2.75) is 13.5 Å². The van der Waals surface area contributed by atoms with Gasteiger partial charge in [0.2, 0.25) is 0 Å². The first-order chi connectivity index (χ1) is 12.0. The molecule has 3 aromatic rings. The van der Waals surface area contributed by atoms with Crippen LogP contribution in [0.15, 0.2) is 48.5 Å². The molecule has 0 atom stereocenters. The van der Waals surface area contributed by atoms with Crippen molar-refractivity contribution in [1.82, 2.24) is 9.88 Å². The summed E-state index contributed by atoms with van der Waals surface area (Å²) in [4.78, 5) is 29.8. The van der Waals surface area contributed by atoms with Gasteiger partial charge in [-0.15, -0.1) is 11.3 Å². The van der Waals surface area contributed by atoms with E-state index in [9.17, 15) is 9.59 Å². The Morgan fingerprint density at radius 1 is 1.16 bits per heavy atom. The molecule has 0 saturated carbocycles. The normalized spacial score (nSPS) is 10.6. The topological polar surface area (TPSA) is 59.5 Å². The van der Waals surface area contributed by atoms with E-state index in [1.165, 1.54) is 6.92 Å². The van der Waals surface area contributed by atoms with Crippen LogP contribution in [0.2, 0.25) is 0 Å². The van der Waals surface area contributed by atoms with E-state index in [0.29, 0.717) is 17.9 Å². The van der Waals surface area contributed by atoms with E-state index >= 15 is 0 Å². The number of hydrogen-bond donors (Lipinski definition) is 0. The largest absolute Gasteiger partial charge is 0.484 e. The van der Waals surface area contributed by atoms with Gasteiger partial charge in [0.15, 0.2) is 12.4 Å². The first kappa shape index (κ1) is 17.1. The lowest BCUT2D eigenvalue weighted by atomic mass is 10.1. The van der Waals surface area contributed by atoms with E-state index in [0.717, 1.165) is 15.2 Å². The third-order valence-corrected chi connectivity index (χ3v) is 4.76. The Morgan fingerprint density at radius 3 is 2.72 bits per heavy atom. The SMILES string of the molecule is CC(=O)c1cccc(OCC(=O)N(C)Cc2nc3ccccc3s2)c1. The number of nitrogens with zero attached hydrogens (tertiary/aromatic N) is 2. The number of amides is 1. The van der Waals surface area contributed by atoms with Crippen LogP contribution in [0, 0.1) is 0 Å². The molecule has 0 saturated heterocycles. The van der Waals surface area contributed by atoms with Gasteiger partial charge >= 0.3 is 0 Å². The number of thiazole rings is 1. The number of ether oxygens (including phenoxy) is 1. The summed E-state index contributed by atoms with van der Waals surface area (Å²) < 4.78 is 6.62. The Kier molecular flexibility index (Phi) is 5.09. The predicted octanol–water partition coefficient (Wildman–Crippen LogP) is 3.54. The summed E-state index contributed by atoms with van der Waals surface area (Å²) in [5.74, 6) is 0.326. The maximum atomic E-state index is 12.3. The number of ketones is 1. The third-order valence-electron chi connectivity index (χ3n) is 3.74. The van der Waals surface area contributed by atoms with Gasteiger partial charge in [0.25, 0.3) is 5.91 Å². The summed E-state index contributed by atoms with van der Waals surface area (Å²) >= 11 is 1.58. The van der Waals surface area contributed by atoms with Gasteiger partial charge in [-0.1, -0.05) is 24.3 Å². The van der Waals surface area contributed by atoms with Crippen LogP contribution in [0.3, 0.4) is 0 Å². The Hall–Kier alpha value is -2.73. The van der Waals surface area contributed by atoms with Crippen molar-refractivity contribution >= 4 is 33.2 Å². The highest BCUT2D eigenvalue weighted by atomic mass is 32.1. The van der Waals surface area contributed by atoms with Crippen LogP contribution in [0.1, 0.15) is 22.3 Å². The number of fused-ring (bicyclic) bond motifs is 1. The van der Waals surface area contributed by atoms with Gasteiger partial charge in [0.1, 0.15) is 10.8 Å². The van der Waals surface area contributed by atoms with Crippen molar-refractivity contribution < 1.29 is 14.3 Å². The second-order valence-corrected chi connectivity index (χ2v) is 6.81. The summed E-state index contributed by atoms with van der Waals surface area (Å²) in [6.07, 6.45) is 0. The van der Waals surface area contributed by atoms with Crippen LogP contribution in [0.25, 0.3) is 10.2 Å². The highest BCUT2D eigenvalue weighted by Gasteiger charge is 2.13. The molecule has 0 fully saturated rings. The molecule has 1 amide bonds. The molecule has 3 rings (SSSR count). The fourth-order valence-corrected chi connectivity index (χ4v) is 3.36. The van der Waals surface area contributed by atoms with E-state index in [4.69, 9.17) is 4.74 Å². The summed E-state index contributed by atoms with van der Waals surface area (Å²) in [6.45, 7) is 1.85. The Labute approximate surface area is 149 Å². The molecule has 0 N–H and O–H groups in total. The molecule has 0 bridgehead atoms. The highest BCUT2D eigenvalue weighted by molar-refractivity contribution is 7.18. The maximum absolute atomic E-state index is 12.3. The minimum absolute atomic E-state index is 0.0373. The van der Waals surface area contributed by atoms with Gasteiger partial charge < -0.3 is 9.64 Å². The highest BCUT2D eigenvalue weighted by Crippen LogP contribution is 2.22. The van der Waals surface area contributed by atoms with Crippen molar-refractivity contribution in [3.05, 3.63) is 59.1 Å². The fraction of sp³-hybridized carbons (Fsp3) is 0.211. The maximum Gasteiger partial charge on any atom is 0.260 e. The van der Waals surface area contributed by atoms with Crippen molar-refractivity contribution in [3.63, 3.8) is 0 Å². The number of carbonyl (C=O) groups is 2. The monoisotopic (exact) mass is 354 g/mol. The van der Waals surface area contributed by atoms with Crippen LogP contribution in [-0.2, 0) is 11.3 Å². The van der Waals surface area contributed by atoms with Crippen molar-refractivity contribution in [3.8, 4) is 5.75 Å². The first-order valence-electron chi connectivity index (χ1n) is 7.85. The molecule has 0 spiro atoms. The van der Waals surface area contributed by atoms with Gasteiger partial charge in [0, 0.05) is 12.6 Å². The van der Waals surface area contributed by atoms with Crippen LogP contribution >= 0.6 is 11.3 Å². The number of benzene rings is 2. The molecule has 1 heterocycles. The number of aromatic nitrogens is 1. The lowest BCUT2D eigenvalue weighted by Crippen LogP contribution is -2.30. The molecular weight excluding hydrogens is 336 g/mol. The standard InChI is InChI=1S/C19H18N2O3S/c1-13(22)14-6-5-7-15(10-14)24-12-19(23)21(2)11-18-20-16-8-3-4-9-17(16)25-18/h3-10H,11-12H2,1-2H3. The smallest absolute Gasteiger partial charge is 0.260 e. The molecule has 0 aliphatic carbocycles. The van der Waals surface area contributed by atoms with Crippen molar-refractivity contribution in [1.29, 1.82) is 0 Å². The van der Waals surface area contributed by atoms with Crippen LogP contribution < -0.4 is 4.74 Å². The molecule has 5 nitrogen and oxygen atoms in total. The van der Waals surface area contributed by atoms with E-state index in [2.05, 4.69) is 4.98 Å². The van der Waals surface area contributed by atoms with Gasteiger partial charge in [0.05, 0.1) is 16.8 Å². The van der Waals surface area contributed by atoms with Gasteiger partial charge in [-0.2, -0.15) is 0 Å². The van der Waals surface area contributed by atoms with Gasteiger partial charge in [-0.25, -0.2) is 4.98 Å². The average molecular weight is 354 g/mol. The summed E-state index contributed by atoms with van der Waals surface area (Å²) in [5.41, 5.74) is 1.51. The number of likely N-dealkylation sites (N-methyl/N-ethyl adjacent to an activating group) is 1. The lowest BCUT2D eigenvalue weighted by Gasteiger charge is -2.16. The zero-order chi connectivity index (χ0) is 17.8. The number of para-hydroxylation sites is 1. The molecule has 6 heteroatoms. The quantitative estimate of drug-likeness (QED) is 0.635. The third kappa shape index (κ3) is 4.22. The van der Waals surface area contributed by atoms with E-state index < -0.39 is 0 Å². The molecule has 0 unspecified atom stereocenters. The Morgan fingerprint density at radius 2 is 1.96 bits per heavy atom.